The van der Waals surface area contributed by atoms with Crippen molar-refractivity contribution in [1.82, 2.24) is 15.1 Å². The van der Waals surface area contributed by atoms with E-state index in [9.17, 15) is 14.0 Å². The number of fused-ring (bicyclic) bond motifs is 1. The second-order valence-corrected chi connectivity index (χ2v) is 8.56. The van der Waals surface area contributed by atoms with Crippen LogP contribution in [-0.4, -0.2) is 36.0 Å². The first kappa shape index (κ1) is 22.9. The van der Waals surface area contributed by atoms with Gasteiger partial charge >= 0.3 is 0 Å². The van der Waals surface area contributed by atoms with Gasteiger partial charge < -0.3 is 14.0 Å². The summed E-state index contributed by atoms with van der Waals surface area (Å²) < 4.78 is 22.7. The Bertz CT molecular complexity index is 1410. The molecule has 0 saturated carbocycles. The van der Waals surface area contributed by atoms with Gasteiger partial charge in [0, 0.05) is 50.0 Å². The van der Waals surface area contributed by atoms with Crippen molar-refractivity contribution in [2.24, 2.45) is 7.05 Å². The van der Waals surface area contributed by atoms with Gasteiger partial charge in [0.05, 0.1) is 16.9 Å². The molecule has 2 heterocycles. The van der Waals surface area contributed by atoms with Crippen LogP contribution in [-0.2, 0) is 7.05 Å². The van der Waals surface area contributed by atoms with E-state index in [1.807, 2.05) is 17.6 Å². The van der Waals surface area contributed by atoms with Gasteiger partial charge in [-0.15, -0.1) is 0 Å². The van der Waals surface area contributed by atoms with Gasteiger partial charge in [0.15, 0.2) is 0 Å². The third-order valence-electron chi connectivity index (χ3n) is 5.28. The summed E-state index contributed by atoms with van der Waals surface area (Å²) >= 11 is 7.62. The van der Waals surface area contributed by atoms with E-state index in [1.54, 1.807) is 24.3 Å². The van der Waals surface area contributed by atoms with Crippen molar-refractivity contribution in [3.8, 4) is 22.6 Å². The Morgan fingerprint density at radius 1 is 1.24 bits per heavy atom. The molecule has 0 fully saturated rings. The lowest BCUT2D eigenvalue weighted by atomic mass is 10.0. The summed E-state index contributed by atoms with van der Waals surface area (Å²) in [6.07, 6.45) is 1.91. The molecule has 0 aliphatic heterocycles. The molecule has 1 amide bonds. The topological polar surface area (TPSA) is 80.4 Å². The molecule has 2 aromatic heterocycles. The fraction of sp³-hybridized carbons (Fsp3) is 0.174. The van der Waals surface area contributed by atoms with Crippen LogP contribution in [0.4, 0.5) is 10.1 Å². The Hall–Kier alpha value is -3.30. The molecule has 33 heavy (non-hydrogen) atoms. The van der Waals surface area contributed by atoms with Crippen molar-refractivity contribution in [3.63, 3.8) is 0 Å². The Kier molecular flexibility index (Phi) is 6.18. The number of hydrogen-bond acceptors (Lipinski definition) is 6. The highest BCUT2D eigenvalue weighted by Crippen LogP contribution is 2.41. The highest BCUT2D eigenvalue weighted by molar-refractivity contribution is 7.99. The predicted octanol–water partition coefficient (Wildman–Crippen LogP) is 4.73. The summed E-state index contributed by atoms with van der Waals surface area (Å²) in [5.41, 5.74) is 2.82. The van der Waals surface area contributed by atoms with E-state index in [0.29, 0.717) is 39.1 Å². The van der Waals surface area contributed by atoms with Gasteiger partial charge in [0.2, 0.25) is 0 Å². The van der Waals surface area contributed by atoms with E-state index in [0.717, 1.165) is 5.69 Å². The Morgan fingerprint density at radius 3 is 2.55 bits per heavy atom. The van der Waals surface area contributed by atoms with Crippen LogP contribution in [0, 0.1) is 5.82 Å². The Labute approximate surface area is 198 Å². The van der Waals surface area contributed by atoms with Crippen LogP contribution < -0.4 is 15.2 Å². The second-order valence-electron chi connectivity index (χ2n) is 7.24. The summed E-state index contributed by atoms with van der Waals surface area (Å²) in [6, 6.07) is 10.8. The molecule has 4 rings (SSSR count). The molecule has 0 saturated heterocycles. The molecular formula is C23H20ClFN4O3S. The number of halogens is 2. The van der Waals surface area contributed by atoms with Gasteiger partial charge in [-0.1, -0.05) is 23.5 Å². The third-order valence-corrected chi connectivity index (χ3v) is 6.29. The molecule has 0 bridgehead atoms. The molecule has 0 unspecified atom stereocenters. The van der Waals surface area contributed by atoms with Crippen LogP contribution in [0.5, 0.6) is 0 Å². The Morgan fingerprint density at radius 2 is 1.94 bits per heavy atom. The first-order chi connectivity index (χ1) is 15.7. The average molecular weight is 487 g/mol. The summed E-state index contributed by atoms with van der Waals surface area (Å²) in [5.74, 6) is -0.415. The van der Waals surface area contributed by atoms with Crippen LogP contribution in [0.1, 0.15) is 10.4 Å². The first-order valence-electron chi connectivity index (χ1n) is 9.85. The number of aromatic nitrogens is 2. The smallest absolute Gasteiger partial charge is 0.285 e. The van der Waals surface area contributed by atoms with Crippen LogP contribution in [0.3, 0.4) is 0 Å². The maximum atomic E-state index is 13.5. The van der Waals surface area contributed by atoms with Crippen molar-refractivity contribution >= 4 is 46.1 Å². The zero-order valence-electron chi connectivity index (χ0n) is 18.3. The second kappa shape index (κ2) is 8.92. The molecule has 0 aliphatic carbocycles. The fourth-order valence-electron chi connectivity index (χ4n) is 3.56. The predicted molar refractivity (Wildman–Crippen MR) is 130 cm³/mol. The summed E-state index contributed by atoms with van der Waals surface area (Å²) in [7, 11) is 4.93. The molecule has 1 N–H and O–H groups in total. The molecule has 0 spiro atoms. The van der Waals surface area contributed by atoms with Crippen LogP contribution >= 0.6 is 23.5 Å². The van der Waals surface area contributed by atoms with Gasteiger partial charge in [-0.2, -0.15) is 5.10 Å². The number of hydrogen-bond donors (Lipinski definition) is 1. The number of benzene rings is 2. The van der Waals surface area contributed by atoms with Gasteiger partial charge in [-0.3, -0.25) is 9.59 Å². The molecular weight excluding hydrogens is 467 g/mol. The number of amides is 1. The van der Waals surface area contributed by atoms with E-state index in [2.05, 4.69) is 10.4 Å². The first-order valence-corrected chi connectivity index (χ1v) is 11.4. The summed E-state index contributed by atoms with van der Waals surface area (Å²) in [5, 5.41) is 7.60. The number of anilines is 1. The Balaban J connectivity index is 2.07. The van der Waals surface area contributed by atoms with Gasteiger partial charge in [-0.05, 0) is 36.4 Å². The van der Waals surface area contributed by atoms with E-state index in [4.69, 9.17) is 16.0 Å². The third kappa shape index (κ3) is 4.09. The monoisotopic (exact) mass is 486 g/mol. The van der Waals surface area contributed by atoms with Crippen molar-refractivity contribution in [1.29, 1.82) is 0 Å². The molecule has 2 aromatic carbocycles. The molecule has 0 radical (unpaired) electrons. The average Bonchev–Trinajstić information content (AvgIpc) is 3.19. The highest BCUT2D eigenvalue weighted by Gasteiger charge is 2.25. The van der Waals surface area contributed by atoms with Crippen LogP contribution in [0.2, 0.25) is 5.02 Å². The van der Waals surface area contributed by atoms with Gasteiger partial charge in [0.25, 0.3) is 11.5 Å². The number of carbonyl (C=O) groups is 1. The number of nitrogens with zero attached hydrogens (tertiary/aromatic N) is 3. The normalized spacial score (nSPS) is 11.1. The quantitative estimate of drug-likeness (QED) is 0.411. The lowest BCUT2D eigenvalue weighted by Crippen LogP contribution is -2.20. The lowest BCUT2D eigenvalue weighted by molar-refractivity contribution is 0.0964. The molecule has 170 valence electrons. The van der Waals surface area contributed by atoms with E-state index in [-0.39, 0.29) is 16.7 Å². The number of nitrogens with one attached hydrogen (secondary N) is 1. The van der Waals surface area contributed by atoms with Crippen LogP contribution in [0.15, 0.2) is 51.7 Å². The lowest BCUT2D eigenvalue weighted by Gasteiger charge is -2.19. The van der Waals surface area contributed by atoms with Crippen LogP contribution in [0.25, 0.3) is 33.6 Å². The number of rotatable bonds is 5. The van der Waals surface area contributed by atoms with E-state index >= 15 is 0 Å². The molecule has 0 aliphatic rings. The fourth-order valence-corrected chi connectivity index (χ4v) is 4.13. The van der Waals surface area contributed by atoms with Gasteiger partial charge in [-0.25, -0.2) is 9.07 Å². The van der Waals surface area contributed by atoms with Crippen molar-refractivity contribution in [2.45, 2.75) is 0 Å². The van der Waals surface area contributed by atoms with Crippen molar-refractivity contribution in [3.05, 3.63) is 69.2 Å². The van der Waals surface area contributed by atoms with Gasteiger partial charge in [0.1, 0.15) is 22.2 Å². The zero-order chi connectivity index (χ0) is 23.9. The maximum absolute atomic E-state index is 13.5. The highest BCUT2D eigenvalue weighted by atomic mass is 35.5. The standard InChI is InChI=1S/C23H20ClFN4O3S/c1-26-22(30)20-15-9-14(17-10-16(24)23(31)28(2)27-17)18(29(3)33-4)11-19(15)32-21(20)12-5-7-13(25)8-6-12/h5-11H,1-4H3,(H,26,30). The molecule has 0 atom stereocenters. The molecule has 10 heteroatoms. The minimum atomic E-state index is -0.408. The van der Waals surface area contributed by atoms with Crippen molar-refractivity contribution in [2.75, 3.05) is 24.7 Å². The number of furan rings is 1. The minimum Gasteiger partial charge on any atom is -0.455 e. The summed E-state index contributed by atoms with van der Waals surface area (Å²) in [6.45, 7) is 0. The number of aryl methyl sites for hydroxylation is 1. The number of carbonyl (C=O) groups excluding carboxylic acids is 1. The van der Waals surface area contributed by atoms with Crippen molar-refractivity contribution < 1.29 is 13.6 Å². The summed E-state index contributed by atoms with van der Waals surface area (Å²) in [4.78, 5) is 24.9. The molecule has 4 aromatic rings. The van der Waals surface area contributed by atoms with E-state index < -0.39 is 5.56 Å². The molecule has 7 nitrogen and oxygen atoms in total. The SMILES string of the molecule is CNC(=O)c1c(-c2ccc(F)cc2)oc2cc(N(C)SC)c(-c3cc(Cl)c(=O)n(C)n3)cc12. The largest absolute Gasteiger partial charge is 0.455 e. The maximum Gasteiger partial charge on any atom is 0.285 e. The van der Waals surface area contributed by atoms with E-state index in [1.165, 1.54) is 48.9 Å². The zero-order valence-corrected chi connectivity index (χ0v) is 19.8. The minimum absolute atomic E-state index is 0.0334.